The molecule has 0 amide bonds. The van der Waals surface area contributed by atoms with Crippen LogP contribution in [0, 0.1) is 29.7 Å². The van der Waals surface area contributed by atoms with E-state index in [0.717, 1.165) is 0 Å². The molecule has 0 aromatic rings. The van der Waals surface area contributed by atoms with Crippen molar-refractivity contribution in [2.24, 2.45) is 0 Å². The van der Waals surface area contributed by atoms with Gasteiger partial charge in [-0.15, -0.1) is 0 Å². The van der Waals surface area contributed by atoms with E-state index in [9.17, 15) is 0 Å². The van der Waals surface area contributed by atoms with Crippen molar-refractivity contribution >= 4 is 0 Å². The summed E-state index contributed by atoms with van der Waals surface area (Å²) in [4.78, 5) is 0. The molecule has 0 atom stereocenters. The van der Waals surface area contributed by atoms with E-state index in [1.807, 2.05) is 13.8 Å². The molecule has 0 aromatic heterocycles. The average Bonchev–Trinajstić information content (AvgIpc) is 1.00. The van der Waals surface area contributed by atoms with Crippen LogP contribution in [0.2, 0.25) is 0 Å². The maximum atomic E-state index is 2.00. The van der Waals surface area contributed by atoms with Gasteiger partial charge in [0.15, 0.2) is 0 Å². The molecule has 0 rings (SSSR count). The Kier molecular flexibility index (Phi) is 1690. The number of rotatable bonds is 0. The van der Waals surface area contributed by atoms with E-state index in [4.69, 9.17) is 0 Å². The Morgan fingerprint density at radius 3 is 0.179 bits per heavy atom. The molecule has 21 radical (unpaired) electrons. The first-order valence-corrected chi connectivity index (χ1v) is 1.00. The van der Waals surface area contributed by atoms with Crippen molar-refractivity contribution < 1.29 is 720 Å². The standard InChI is InChI=1S/C2H6.4CH3.22Y/c1-2;;;;;;;;;;;;;;;;;;;;;;;;;;/h1-2H3;4*1H3;;;;;;;;;;;;;;;;;;;;;;/q;4*-1;;;;;;;;;;;;;;;;;;;;;;+3. The molecular formula is C6H18Y22-. The average molecular weight is 2050 g/mol. The van der Waals surface area contributed by atoms with E-state index in [0.29, 0.717) is 0 Å². The molecule has 0 fully saturated rings. The molecule has 0 aliphatic heterocycles. The quantitative estimate of drug-likeness (QED) is 0.328. The van der Waals surface area contributed by atoms with Crippen LogP contribution in [0.25, 0.3) is 0 Å². The maximum absolute atomic E-state index is 2.00. The van der Waals surface area contributed by atoms with Crippen molar-refractivity contribution in [3.05, 3.63) is 29.7 Å². The van der Waals surface area contributed by atoms with E-state index in [1.54, 1.807) is 0 Å². The fraction of sp³-hybridized carbons (Fsp3) is 0.333. The Morgan fingerprint density at radius 2 is 0.179 bits per heavy atom. The van der Waals surface area contributed by atoms with Gasteiger partial charge in [0.25, 0.3) is 0 Å². The first-order chi connectivity index (χ1) is 1.00. The van der Waals surface area contributed by atoms with Crippen LogP contribution in [0.1, 0.15) is 13.8 Å². The molecular weight excluding hydrogens is 2030 g/mol. The zero-order chi connectivity index (χ0) is 2.00. The van der Waals surface area contributed by atoms with Crippen molar-refractivity contribution in [1.29, 1.82) is 0 Å². The third-order valence-electron chi connectivity index (χ3n) is 0. The topological polar surface area (TPSA) is 0 Å². The summed E-state index contributed by atoms with van der Waals surface area (Å²) < 4.78 is 0. The smallest absolute Gasteiger partial charge is 0.358 e. The van der Waals surface area contributed by atoms with Crippen LogP contribution in [0.4, 0.5) is 0 Å². The summed E-state index contributed by atoms with van der Waals surface area (Å²) in [6.07, 6.45) is 0. The largest absolute Gasteiger partial charge is 3.00 e. The Hall–Kier alpha value is 24.3. The van der Waals surface area contributed by atoms with Crippen LogP contribution in [0.3, 0.4) is 0 Å². The minimum Gasteiger partial charge on any atom is -0.358 e. The van der Waals surface area contributed by atoms with Crippen molar-refractivity contribution in [2.75, 3.05) is 0 Å². The fourth-order valence-corrected chi connectivity index (χ4v) is 0. The van der Waals surface area contributed by atoms with Crippen molar-refractivity contribution in [1.82, 2.24) is 0 Å². The minimum absolute atomic E-state index is 0. The van der Waals surface area contributed by atoms with E-state index in [1.165, 1.54) is 0 Å². The van der Waals surface area contributed by atoms with Crippen molar-refractivity contribution in [3.8, 4) is 0 Å². The van der Waals surface area contributed by atoms with Crippen LogP contribution in [-0.4, -0.2) is 0 Å². The summed E-state index contributed by atoms with van der Waals surface area (Å²) in [5.74, 6) is 0. The molecule has 0 N–H and O–H groups in total. The van der Waals surface area contributed by atoms with E-state index >= 15 is 0 Å². The fourth-order valence-electron chi connectivity index (χ4n) is 0. The van der Waals surface area contributed by atoms with Gasteiger partial charge in [0.2, 0.25) is 0 Å². The molecule has 0 saturated carbocycles. The van der Waals surface area contributed by atoms with Crippen molar-refractivity contribution in [2.45, 2.75) is 13.8 Å². The molecule has 22 heteroatoms. The summed E-state index contributed by atoms with van der Waals surface area (Å²) >= 11 is 0. The second kappa shape index (κ2) is 220. The first-order valence-electron chi connectivity index (χ1n) is 1.00. The normalized spacial score (nSPS) is 0.214. The summed E-state index contributed by atoms with van der Waals surface area (Å²) in [5, 5.41) is 0. The summed E-state index contributed by atoms with van der Waals surface area (Å²) in [5.41, 5.74) is 0. The van der Waals surface area contributed by atoms with Crippen LogP contribution in [0.15, 0.2) is 0 Å². The Labute approximate surface area is 735 Å². The second-order valence-corrected chi connectivity index (χ2v) is 0. The number of hydrogen-bond donors (Lipinski definition) is 0. The predicted octanol–water partition coefficient (Wildman–Crippen LogP) is 2.77. The van der Waals surface area contributed by atoms with Gasteiger partial charge < -0.3 is 29.7 Å². The van der Waals surface area contributed by atoms with Gasteiger partial charge in [0, 0.05) is 687 Å². The third-order valence-corrected chi connectivity index (χ3v) is 0. The van der Waals surface area contributed by atoms with Gasteiger partial charge in [-0.3, -0.25) is 0 Å². The van der Waals surface area contributed by atoms with E-state index < -0.39 is 0 Å². The Balaban J connectivity index is -0.0000000000154. The minimum atomic E-state index is 0. The molecule has 0 nitrogen and oxygen atoms in total. The Morgan fingerprint density at radius 1 is 0.179 bits per heavy atom. The van der Waals surface area contributed by atoms with Crippen molar-refractivity contribution in [3.63, 3.8) is 0 Å². The molecule has 0 heterocycles. The van der Waals surface area contributed by atoms with E-state index in [2.05, 4.69) is 0 Å². The summed E-state index contributed by atoms with van der Waals surface area (Å²) in [6.45, 7) is 4.00. The molecule has 0 unspecified atom stereocenters. The summed E-state index contributed by atoms with van der Waals surface area (Å²) in [7, 11) is 0. The molecule has 0 aromatic carbocycles. The van der Waals surface area contributed by atoms with Gasteiger partial charge in [-0.05, 0) is 0 Å². The molecule has 0 bridgehead atoms. The zero-order valence-electron chi connectivity index (χ0n) is 18.7. The van der Waals surface area contributed by atoms with Gasteiger partial charge in [0.1, 0.15) is 0 Å². The molecule has 28 heavy (non-hydrogen) atoms. The Bertz CT molecular complexity index is 21.0. The van der Waals surface area contributed by atoms with Gasteiger partial charge in [-0.2, -0.15) is 0 Å². The van der Waals surface area contributed by atoms with Gasteiger partial charge in [0.05, 0.1) is 0 Å². The first kappa shape index (κ1) is 215. The number of hydrogen-bond acceptors (Lipinski definition) is 0. The monoisotopic (exact) mass is 2050 g/mol. The van der Waals surface area contributed by atoms with Crippen LogP contribution in [-0.2, 0) is 720 Å². The van der Waals surface area contributed by atoms with E-state index in [-0.39, 0.29) is 749 Å². The second-order valence-electron chi connectivity index (χ2n) is 0. The summed E-state index contributed by atoms with van der Waals surface area (Å²) in [6, 6.07) is 0. The molecule has 0 saturated heterocycles. The molecule has 0 aliphatic rings. The van der Waals surface area contributed by atoms with Crippen LogP contribution in [0.5, 0.6) is 0 Å². The molecule has 0 spiro atoms. The third kappa shape index (κ3) is 207. The van der Waals surface area contributed by atoms with Crippen LogP contribution >= 0.6 is 0 Å². The SMILES string of the molecule is CC.[CH3-].[CH3-].[CH3-].[CH3-].[Y+3].[Y].[Y].[Y].[Y].[Y].[Y].[Y].[Y].[Y].[Y].[Y].[Y].[Y].[Y].[Y].[Y].[Y].[Y].[Y].[Y].[Y]. The zero-order valence-corrected chi connectivity index (χ0v) is 81.1. The van der Waals surface area contributed by atoms with Crippen LogP contribution < -0.4 is 0 Å². The van der Waals surface area contributed by atoms with Gasteiger partial charge in [-0.1, -0.05) is 13.8 Å². The predicted molar refractivity (Wildman–Crippen MR) is 37.0 cm³/mol. The molecule has 0 aliphatic carbocycles. The molecule has 109 valence electrons. The van der Waals surface area contributed by atoms with Gasteiger partial charge >= 0.3 is 32.7 Å². The van der Waals surface area contributed by atoms with Gasteiger partial charge in [-0.25, -0.2) is 0 Å². The maximum Gasteiger partial charge on any atom is 3.00 e.